The highest BCUT2D eigenvalue weighted by Crippen LogP contribution is 2.10. The molecule has 15 nitrogen and oxygen atoms in total. The second kappa shape index (κ2) is 25.4. The number of aliphatic carboxylic acids is 1. The molecule has 238 valence electrons. The van der Waals surface area contributed by atoms with Crippen molar-refractivity contribution in [2.45, 2.75) is 44.6 Å². The van der Waals surface area contributed by atoms with Crippen LogP contribution in [0.2, 0.25) is 0 Å². The van der Waals surface area contributed by atoms with Crippen molar-refractivity contribution in [1.29, 1.82) is 0 Å². The van der Waals surface area contributed by atoms with E-state index in [4.69, 9.17) is 28.8 Å². The number of nitrogens with one attached hydrogen (secondary N) is 4. The summed E-state index contributed by atoms with van der Waals surface area (Å²) < 4.78 is 27.1. The van der Waals surface area contributed by atoms with Crippen LogP contribution in [0.25, 0.3) is 0 Å². The Labute approximate surface area is 246 Å². The van der Waals surface area contributed by atoms with E-state index in [-0.39, 0.29) is 44.8 Å². The smallest absolute Gasteiger partial charge is 0.322 e. The van der Waals surface area contributed by atoms with Crippen LogP contribution in [0.15, 0.2) is 0 Å². The standard InChI is InChI=1S/C27H44N4O11/c32-23(29-18-24(33)30-19-25(34)31-20-27(36)37)8-10-38-12-14-40-16-17-41-15-13-39-11-9-28-26(35)21-42-22-6-4-2-1-3-5-7-22/h22H,1-4,6,8-21H2,(H,28,35)(H,29,32)(H,30,33)(H,31,34)(H,36,37). The molecule has 0 saturated carbocycles. The van der Waals surface area contributed by atoms with Gasteiger partial charge in [-0.2, -0.15) is 0 Å². The summed E-state index contributed by atoms with van der Waals surface area (Å²) in [5.74, 6) is 3.13. The van der Waals surface area contributed by atoms with Crippen molar-refractivity contribution < 1.29 is 52.8 Å². The fraction of sp³-hybridized carbons (Fsp3) is 0.741. The largest absolute Gasteiger partial charge is 0.480 e. The molecule has 0 aromatic carbocycles. The Morgan fingerprint density at radius 2 is 1.21 bits per heavy atom. The average Bonchev–Trinajstić information content (AvgIpc) is 2.95. The van der Waals surface area contributed by atoms with Gasteiger partial charge in [0.25, 0.3) is 0 Å². The Balaban J connectivity index is 1.82. The third-order valence-electron chi connectivity index (χ3n) is 5.43. The molecule has 0 heterocycles. The minimum Gasteiger partial charge on any atom is -0.480 e. The van der Waals surface area contributed by atoms with Crippen LogP contribution in [-0.4, -0.2) is 126 Å². The maximum atomic E-state index is 11.9. The summed E-state index contributed by atoms with van der Waals surface area (Å²) in [4.78, 5) is 56.8. The highest BCUT2D eigenvalue weighted by Gasteiger charge is 2.10. The molecule has 5 N–H and O–H groups in total. The molecule has 1 aliphatic carbocycles. The summed E-state index contributed by atoms with van der Waals surface area (Å²) in [6, 6.07) is 0. The van der Waals surface area contributed by atoms with Crippen molar-refractivity contribution in [2.24, 2.45) is 0 Å². The fourth-order valence-corrected chi connectivity index (χ4v) is 3.26. The van der Waals surface area contributed by atoms with Crippen LogP contribution in [0.3, 0.4) is 0 Å². The highest BCUT2D eigenvalue weighted by atomic mass is 16.6. The van der Waals surface area contributed by atoms with Gasteiger partial charge in [0, 0.05) is 19.4 Å². The first-order valence-electron chi connectivity index (χ1n) is 14.1. The lowest BCUT2D eigenvalue weighted by molar-refractivity contribution is -0.137. The van der Waals surface area contributed by atoms with E-state index in [1.54, 1.807) is 0 Å². The number of ether oxygens (including phenoxy) is 5. The molecule has 0 bridgehead atoms. The van der Waals surface area contributed by atoms with E-state index in [1.807, 2.05) is 0 Å². The zero-order valence-electron chi connectivity index (χ0n) is 24.0. The lowest BCUT2D eigenvalue weighted by atomic mass is 10.1. The number of amides is 4. The van der Waals surface area contributed by atoms with Gasteiger partial charge in [0.05, 0.1) is 65.9 Å². The predicted molar refractivity (Wildman–Crippen MR) is 148 cm³/mol. The summed E-state index contributed by atoms with van der Waals surface area (Å²) in [6.45, 7) is 1.78. The Morgan fingerprint density at radius 1 is 0.643 bits per heavy atom. The molecule has 42 heavy (non-hydrogen) atoms. The number of hydrogen-bond donors (Lipinski definition) is 5. The lowest BCUT2D eigenvalue weighted by Gasteiger charge is -2.13. The average molecular weight is 601 g/mol. The minimum atomic E-state index is -1.20. The van der Waals surface area contributed by atoms with E-state index in [0.29, 0.717) is 46.2 Å². The first kappa shape index (κ1) is 36.7. The van der Waals surface area contributed by atoms with E-state index in [2.05, 4.69) is 33.1 Å². The van der Waals surface area contributed by atoms with Crippen molar-refractivity contribution >= 4 is 29.6 Å². The molecule has 1 rings (SSSR count). The van der Waals surface area contributed by atoms with Crippen LogP contribution in [0.4, 0.5) is 0 Å². The molecule has 0 aliphatic heterocycles. The van der Waals surface area contributed by atoms with E-state index < -0.39 is 36.8 Å². The highest BCUT2D eigenvalue weighted by molar-refractivity contribution is 5.89. The summed E-state index contributed by atoms with van der Waals surface area (Å²) >= 11 is 0. The predicted octanol–water partition coefficient (Wildman–Crippen LogP) is -1.65. The second-order valence-electron chi connectivity index (χ2n) is 8.99. The van der Waals surface area contributed by atoms with Crippen molar-refractivity contribution in [1.82, 2.24) is 21.3 Å². The van der Waals surface area contributed by atoms with Gasteiger partial charge in [0.15, 0.2) is 0 Å². The summed E-state index contributed by atoms with van der Waals surface area (Å²) in [6.07, 6.45) is 4.97. The molecule has 0 spiro atoms. The van der Waals surface area contributed by atoms with Crippen LogP contribution in [0.5, 0.6) is 0 Å². The number of rotatable bonds is 24. The van der Waals surface area contributed by atoms with E-state index in [9.17, 15) is 24.0 Å². The summed E-state index contributed by atoms with van der Waals surface area (Å²) in [7, 11) is 0. The van der Waals surface area contributed by atoms with Crippen molar-refractivity contribution in [3.8, 4) is 11.8 Å². The van der Waals surface area contributed by atoms with Gasteiger partial charge < -0.3 is 50.1 Å². The van der Waals surface area contributed by atoms with Gasteiger partial charge in [-0.3, -0.25) is 24.0 Å². The van der Waals surface area contributed by atoms with E-state index >= 15 is 0 Å². The number of carboxylic acid groups (broad SMARTS) is 1. The minimum absolute atomic E-state index is 0.00690. The third kappa shape index (κ3) is 23.4. The molecular formula is C27H44N4O11. The molecule has 1 unspecified atom stereocenters. The van der Waals surface area contributed by atoms with Crippen LogP contribution < -0.4 is 21.3 Å². The molecule has 1 atom stereocenters. The van der Waals surface area contributed by atoms with E-state index in [1.165, 1.54) is 0 Å². The number of carbonyl (C=O) groups is 5. The zero-order chi connectivity index (χ0) is 30.7. The molecule has 0 fully saturated rings. The lowest BCUT2D eigenvalue weighted by Crippen LogP contribution is -2.43. The normalized spacial score (nSPS) is 14.4. The maximum Gasteiger partial charge on any atom is 0.322 e. The van der Waals surface area contributed by atoms with Crippen molar-refractivity contribution in [2.75, 3.05) is 85.6 Å². The summed E-state index contributed by atoms with van der Waals surface area (Å²) in [5, 5.41) is 17.9. The first-order valence-corrected chi connectivity index (χ1v) is 14.1. The Bertz CT molecular complexity index is 876. The quantitative estimate of drug-likeness (QED) is 0.0628. The van der Waals surface area contributed by atoms with Crippen LogP contribution in [0, 0.1) is 11.8 Å². The summed E-state index contributed by atoms with van der Waals surface area (Å²) in [5.41, 5.74) is 0. The SMILES string of the molecule is O=C(O)CNC(=O)CNC(=O)CNC(=O)CCOCCOCCOCCOCCNC(=O)COC1C#CCCCCC1. The number of hydrogen-bond acceptors (Lipinski definition) is 10. The maximum absolute atomic E-state index is 11.9. The number of carbonyl (C=O) groups excluding carboxylic acids is 4. The van der Waals surface area contributed by atoms with Crippen LogP contribution in [0.1, 0.15) is 38.5 Å². The van der Waals surface area contributed by atoms with Gasteiger partial charge >= 0.3 is 5.97 Å². The van der Waals surface area contributed by atoms with Gasteiger partial charge in [-0.25, -0.2) is 0 Å². The van der Waals surface area contributed by atoms with Crippen molar-refractivity contribution in [3.05, 3.63) is 0 Å². The van der Waals surface area contributed by atoms with Gasteiger partial charge in [-0.1, -0.05) is 12.3 Å². The van der Waals surface area contributed by atoms with Crippen LogP contribution in [-0.2, 0) is 47.7 Å². The van der Waals surface area contributed by atoms with Crippen molar-refractivity contribution in [3.63, 3.8) is 0 Å². The first-order chi connectivity index (χ1) is 20.4. The van der Waals surface area contributed by atoms with Gasteiger partial charge in [-0.05, 0) is 19.3 Å². The zero-order valence-corrected chi connectivity index (χ0v) is 24.0. The van der Waals surface area contributed by atoms with Gasteiger partial charge in [-0.15, -0.1) is 5.92 Å². The third-order valence-corrected chi connectivity index (χ3v) is 5.43. The molecule has 1 aliphatic rings. The molecular weight excluding hydrogens is 556 g/mol. The molecule has 0 aromatic rings. The second-order valence-corrected chi connectivity index (χ2v) is 8.99. The van der Waals surface area contributed by atoms with E-state index in [0.717, 1.165) is 32.1 Å². The molecule has 4 amide bonds. The van der Waals surface area contributed by atoms with Gasteiger partial charge in [0.1, 0.15) is 19.3 Å². The molecule has 15 heteroatoms. The molecule has 0 radical (unpaired) electrons. The Kier molecular flexibility index (Phi) is 22.2. The Morgan fingerprint density at radius 3 is 1.86 bits per heavy atom. The van der Waals surface area contributed by atoms with Crippen LogP contribution >= 0.6 is 0 Å². The Hall–Kier alpha value is -3.29. The monoisotopic (exact) mass is 600 g/mol. The van der Waals surface area contributed by atoms with Gasteiger partial charge in [0.2, 0.25) is 23.6 Å². The molecule has 0 aromatic heterocycles. The number of carboxylic acids is 1. The topological polar surface area (TPSA) is 200 Å². The fourth-order valence-electron chi connectivity index (χ4n) is 3.26. The molecule has 0 saturated heterocycles.